The summed E-state index contributed by atoms with van der Waals surface area (Å²) in [5, 5.41) is 11.8. The molecule has 0 saturated carbocycles. The first-order valence-electron chi connectivity index (χ1n) is 4.88. The molecule has 0 spiro atoms. The van der Waals surface area contributed by atoms with Crippen LogP contribution in [-0.2, 0) is 0 Å². The van der Waals surface area contributed by atoms with Crippen molar-refractivity contribution in [2.24, 2.45) is 0 Å². The SMILES string of the molecule is Cc1cc2c(Cl)c3oc(C)cc3c(O)c2o1. The lowest BCUT2D eigenvalue weighted by Crippen LogP contribution is -1.73. The zero-order valence-corrected chi connectivity index (χ0v) is 9.55. The van der Waals surface area contributed by atoms with Crippen LogP contribution < -0.4 is 0 Å². The molecule has 82 valence electrons. The highest BCUT2D eigenvalue weighted by Crippen LogP contribution is 2.42. The summed E-state index contributed by atoms with van der Waals surface area (Å²) in [7, 11) is 0. The molecule has 2 heterocycles. The molecule has 16 heavy (non-hydrogen) atoms. The molecule has 0 aliphatic carbocycles. The molecule has 0 aliphatic rings. The second-order valence-corrected chi connectivity index (χ2v) is 4.24. The summed E-state index contributed by atoms with van der Waals surface area (Å²) in [5.74, 6) is 1.49. The van der Waals surface area contributed by atoms with E-state index in [2.05, 4.69) is 0 Å². The highest BCUT2D eigenvalue weighted by atomic mass is 35.5. The van der Waals surface area contributed by atoms with E-state index in [1.165, 1.54) is 0 Å². The number of aryl methyl sites for hydroxylation is 2. The minimum atomic E-state index is 0.0827. The lowest BCUT2D eigenvalue weighted by atomic mass is 10.1. The highest BCUT2D eigenvalue weighted by Gasteiger charge is 2.18. The van der Waals surface area contributed by atoms with Crippen molar-refractivity contribution in [1.29, 1.82) is 0 Å². The Hall–Kier alpha value is -1.61. The van der Waals surface area contributed by atoms with Gasteiger partial charge in [-0.2, -0.15) is 0 Å². The standard InChI is InChI=1S/C12H9ClO3/c1-5-3-7-9(13)11-8(4-6(2)15-11)10(14)12(7)16-5/h3-4,14H,1-2H3. The number of hydrogen-bond acceptors (Lipinski definition) is 3. The average Bonchev–Trinajstić information content (AvgIpc) is 2.78. The van der Waals surface area contributed by atoms with Gasteiger partial charge in [0.1, 0.15) is 11.5 Å². The van der Waals surface area contributed by atoms with Crippen molar-refractivity contribution in [3.63, 3.8) is 0 Å². The van der Waals surface area contributed by atoms with Crippen LogP contribution in [0.2, 0.25) is 5.02 Å². The number of phenolic OH excluding ortho intramolecular Hbond substituents is 1. The van der Waals surface area contributed by atoms with Crippen molar-refractivity contribution in [2.45, 2.75) is 13.8 Å². The van der Waals surface area contributed by atoms with E-state index >= 15 is 0 Å². The molecule has 1 aromatic carbocycles. The molecular formula is C12H9ClO3. The lowest BCUT2D eigenvalue weighted by Gasteiger charge is -1.98. The predicted molar refractivity (Wildman–Crippen MR) is 62.1 cm³/mol. The lowest BCUT2D eigenvalue weighted by molar-refractivity contribution is 0.466. The second kappa shape index (κ2) is 2.95. The Morgan fingerprint density at radius 1 is 1.00 bits per heavy atom. The Labute approximate surface area is 96.2 Å². The van der Waals surface area contributed by atoms with Gasteiger partial charge in [-0.05, 0) is 26.0 Å². The molecule has 0 bridgehead atoms. The van der Waals surface area contributed by atoms with Gasteiger partial charge in [0.15, 0.2) is 16.9 Å². The molecule has 0 radical (unpaired) electrons. The number of rotatable bonds is 0. The van der Waals surface area contributed by atoms with Crippen LogP contribution in [0.5, 0.6) is 5.75 Å². The van der Waals surface area contributed by atoms with Crippen molar-refractivity contribution < 1.29 is 13.9 Å². The molecular weight excluding hydrogens is 228 g/mol. The van der Waals surface area contributed by atoms with Crippen LogP contribution in [0, 0.1) is 13.8 Å². The zero-order chi connectivity index (χ0) is 11.4. The first kappa shape index (κ1) is 9.60. The van der Waals surface area contributed by atoms with Crippen molar-refractivity contribution in [3.05, 3.63) is 28.7 Å². The van der Waals surface area contributed by atoms with E-state index in [0.717, 1.165) is 0 Å². The van der Waals surface area contributed by atoms with Gasteiger partial charge < -0.3 is 13.9 Å². The first-order valence-corrected chi connectivity index (χ1v) is 5.26. The van der Waals surface area contributed by atoms with Gasteiger partial charge in [0.05, 0.1) is 10.4 Å². The number of benzene rings is 1. The quantitative estimate of drug-likeness (QED) is 0.638. The number of phenols is 1. The van der Waals surface area contributed by atoms with E-state index < -0.39 is 0 Å². The topological polar surface area (TPSA) is 46.5 Å². The number of hydrogen-bond donors (Lipinski definition) is 1. The van der Waals surface area contributed by atoms with E-state index in [1.54, 1.807) is 12.1 Å². The van der Waals surface area contributed by atoms with Crippen LogP contribution in [0.3, 0.4) is 0 Å². The number of fused-ring (bicyclic) bond motifs is 2. The Morgan fingerprint density at radius 2 is 1.56 bits per heavy atom. The van der Waals surface area contributed by atoms with Crippen molar-refractivity contribution in [1.82, 2.24) is 0 Å². The number of aromatic hydroxyl groups is 1. The molecule has 2 aromatic heterocycles. The fourth-order valence-electron chi connectivity index (χ4n) is 1.95. The van der Waals surface area contributed by atoms with Crippen LogP contribution in [0.1, 0.15) is 11.5 Å². The third kappa shape index (κ3) is 1.09. The predicted octanol–water partition coefficient (Wildman–Crippen LogP) is 4.15. The van der Waals surface area contributed by atoms with E-state index in [1.807, 2.05) is 13.8 Å². The third-order valence-electron chi connectivity index (χ3n) is 2.62. The normalized spacial score (nSPS) is 11.7. The van der Waals surface area contributed by atoms with E-state index in [0.29, 0.717) is 38.5 Å². The molecule has 4 heteroatoms. The fraction of sp³-hybridized carbons (Fsp3) is 0.167. The van der Waals surface area contributed by atoms with Gasteiger partial charge in [0.25, 0.3) is 0 Å². The minimum Gasteiger partial charge on any atom is -0.504 e. The minimum absolute atomic E-state index is 0.0827. The summed E-state index contributed by atoms with van der Waals surface area (Å²) in [4.78, 5) is 0. The Kier molecular flexibility index (Phi) is 1.77. The fourth-order valence-corrected chi connectivity index (χ4v) is 2.23. The summed E-state index contributed by atoms with van der Waals surface area (Å²) < 4.78 is 10.9. The summed E-state index contributed by atoms with van der Waals surface area (Å²) in [6.07, 6.45) is 0. The maximum Gasteiger partial charge on any atom is 0.178 e. The third-order valence-corrected chi connectivity index (χ3v) is 2.99. The van der Waals surface area contributed by atoms with E-state index in [-0.39, 0.29) is 5.75 Å². The van der Waals surface area contributed by atoms with Crippen LogP contribution in [0.25, 0.3) is 21.9 Å². The largest absolute Gasteiger partial charge is 0.504 e. The van der Waals surface area contributed by atoms with Crippen molar-refractivity contribution in [3.8, 4) is 5.75 Å². The van der Waals surface area contributed by atoms with Gasteiger partial charge in [-0.15, -0.1) is 0 Å². The van der Waals surface area contributed by atoms with E-state index in [4.69, 9.17) is 20.4 Å². The molecule has 3 nitrogen and oxygen atoms in total. The monoisotopic (exact) mass is 236 g/mol. The number of halogens is 1. The van der Waals surface area contributed by atoms with Gasteiger partial charge in [0, 0.05) is 5.39 Å². The summed E-state index contributed by atoms with van der Waals surface area (Å²) >= 11 is 6.21. The molecule has 0 saturated heterocycles. The Morgan fingerprint density at radius 3 is 2.25 bits per heavy atom. The first-order chi connectivity index (χ1) is 7.58. The highest BCUT2D eigenvalue weighted by molar-refractivity contribution is 6.40. The summed E-state index contributed by atoms with van der Waals surface area (Å²) in [6.45, 7) is 3.62. The van der Waals surface area contributed by atoms with Gasteiger partial charge in [-0.1, -0.05) is 11.6 Å². The smallest absolute Gasteiger partial charge is 0.178 e. The molecule has 3 aromatic rings. The average molecular weight is 237 g/mol. The maximum absolute atomic E-state index is 10.0. The van der Waals surface area contributed by atoms with Gasteiger partial charge in [-0.25, -0.2) is 0 Å². The van der Waals surface area contributed by atoms with Crippen LogP contribution >= 0.6 is 11.6 Å². The molecule has 0 aliphatic heterocycles. The molecule has 0 unspecified atom stereocenters. The Balaban J connectivity index is 2.63. The van der Waals surface area contributed by atoms with Crippen LogP contribution in [0.4, 0.5) is 0 Å². The van der Waals surface area contributed by atoms with Gasteiger partial charge in [-0.3, -0.25) is 0 Å². The molecule has 3 rings (SSSR count). The molecule has 1 N–H and O–H groups in total. The van der Waals surface area contributed by atoms with Crippen LogP contribution in [-0.4, -0.2) is 5.11 Å². The van der Waals surface area contributed by atoms with Gasteiger partial charge in [0.2, 0.25) is 0 Å². The van der Waals surface area contributed by atoms with Crippen LogP contribution in [0.15, 0.2) is 21.0 Å². The van der Waals surface area contributed by atoms with Crippen molar-refractivity contribution in [2.75, 3.05) is 0 Å². The zero-order valence-electron chi connectivity index (χ0n) is 8.80. The van der Waals surface area contributed by atoms with E-state index in [9.17, 15) is 5.11 Å². The van der Waals surface area contributed by atoms with Gasteiger partial charge >= 0.3 is 0 Å². The van der Waals surface area contributed by atoms with Crippen molar-refractivity contribution >= 4 is 33.5 Å². The molecule has 0 amide bonds. The molecule has 0 atom stereocenters. The molecule has 0 fully saturated rings. The summed E-state index contributed by atoms with van der Waals surface area (Å²) in [6, 6.07) is 3.53. The summed E-state index contributed by atoms with van der Waals surface area (Å²) in [5.41, 5.74) is 0.917. The second-order valence-electron chi connectivity index (χ2n) is 3.86. The maximum atomic E-state index is 10.0. The number of furan rings is 2. The Bertz CT molecular complexity index is 591.